The first kappa shape index (κ1) is 10.2. The van der Waals surface area contributed by atoms with Gasteiger partial charge in [-0.2, -0.15) is 0 Å². The molecule has 0 amide bonds. The predicted octanol–water partition coefficient (Wildman–Crippen LogP) is 2.53. The second kappa shape index (κ2) is 3.90. The summed E-state index contributed by atoms with van der Waals surface area (Å²) in [6, 6.07) is 1.09. The third-order valence-electron chi connectivity index (χ3n) is 1.30. The second-order valence-electron chi connectivity index (χ2n) is 2.09. The Bertz CT molecular complexity index is 345. The maximum Gasteiger partial charge on any atom is 0.286 e. The molecule has 1 aromatic rings. The van der Waals surface area contributed by atoms with Gasteiger partial charge in [-0.25, -0.2) is 8.78 Å². The van der Waals surface area contributed by atoms with Crippen molar-refractivity contribution in [3.63, 3.8) is 0 Å². The van der Waals surface area contributed by atoms with E-state index in [4.69, 9.17) is 0 Å². The largest absolute Gasteiger partial charge is 0.286 e. The Morgan fingerprint density at radius 2 is 2.23 bits per heavy atom. The van der Waals surface area contributed by atoms with E-state index in [2.05, 4.69) is 4.98 Å². The number of pyridine rings is 1. The smallest absolute Gasteiger partial charge is 0.258 e. The third-order valence-corrected chi connectivity index (χ3v) is 2.40. The molecule has 4 nitrogen and oxygen atoms in total. The lowest BCUT2D eigenvalue weighted by Gasteiger charge is -2.01. The number of alkyl halides is 2. The monoisotopic (exact) mass is 300 g/mol. The first-order valence-electron chi connectivity index (χ1n) is 3.11. The molecule has 1 aromatic heterocycles. The fourth-order valence-electron chi connectivity index (χ4n) is 0.742. The van der Waals surface area contributed by atoms with Crippen LogP contribution < -0.4 is 0 Å². The fourth-order valence-corrected chi connectivity index (χ4v) is 1.49. The molecule has 0 aromatic carbocycles. The summed E-state index contributed by atoms with van der Waals surface area (Å²) < 4.78 is 24.3. The molecular weight excluding hydrogens is 297 g/mol. The molecule has 0 bridgehead atoms. The van der Waals surface area contributed by atoms with Crippen LogP contribution in [0.2, 0.25) is 0 Å². The molecule has 0 spiro atoms. The minimum absolute atomic E-state index is 0.111. The third kappa shape index (κ3) is 2.08. The molecule has 70 valence electrons. The Kier molecular flexibility index (Phi) is 3.07. The van der Waals surface area contributed by atoms with Crippen molar-refractivity contribution >= 4 is 28.3 Å². The van der Waals surface area contributed by atoms with Gasteiger partial charge in [-0.05, 0) is 22.6 Å². The maximum atomic E-state index is 12.2. The van der Waals surface area contributed by atoms with Crippen molar-refractivity contribution in [1.29, 1.82) is 0 Å². The minimum atomic E-state index is -2.79. The number of halogens is 3. The molecule has 0 fully saturated rings. The van der Waals surface area contributed by atoms with Crippen molar-refractivity contribution in [2.24, 2.45) is 0 Å². The van der Waals surface area contributed by atoms with Gasteiger partial charge in [0.05, 0.1) is 4.92 Å². The molecule has 0 aliphatic rings. The van der Waals surface area contributed by atoms with Gasteiger partial charge < -0.3 is 0 Å². The van der Waals surface area contributed by atoms with E-state index in [1.54, 1.807) is 0 Å². The first-order chi connectivity index (χ1) is 6.04. The summed E-state index contributed by atoms with van der Waals surface area (Å²) in [5, 5.41) is 10.3. The van der Waals surface area contributed by atoms with Gasteiger partial charge in [0.25, 0.3) is 12.1 Å². The van der Waals surface area contributed by atoms with Gasteiger partial charge in [0.15, 0.2) is 0 Å². The standard InChI is InChI=1S/C6H3F2IN2O2/c7-6(8)5-4(9)3(11(12)13)1-2-10-5/h1-2,6H. The van der Waals surface area contributed by atoms with Gasteiger partial charge in [0.1, 0.15) is 9.26 Å². The summed E-state index contributed by atoms with van der Waals surface area (Å²) in [6.07, 6.45) is -1.78. The number of aromatic nitrogens is 1. The highest BCUT2D eigenvalue weighted by Gasteiger charge is 2.21. The van der Waals surface area contributed by atoms with Crippen LogP contribution in [0.25, 0.3) is 0 Å². The fraction of sp³-hybridized carbons (Fsp3) is 0.167. The minimum Gasteiger partial charge on any atom is -0.258 e. The Morgan fingerprint density at radius 3 is 2.69 bits per heavy atom. The van der Waals surface area contributed by atoms with Gasteiger partial charge >= 0.3 is 0 Å². The van der Waals surface area contributed by atoms with E-state index < -0.39 is 17.0 Å². The average Bonchev–Trinajstić information content (AvgIpc) is 2.03. The lowest BCUT2D eigenvalue weighted by atomic mass is 10.3. The lowest BCUT2D eigenvalue weighted by molar-refractivity contribution is -0.386. The van der Waals surface area contributed by atoms with Crippen molar-refractivity contribution in [2.75, 3.05) is 0 Å². The lowest BCUT2D eigenvalue weighted by Crippen LogP contribution is -1.99. The molecule has 0 radical (unpaired) electrons. The number of hydrogen-bond donors (Lipinski definition) is 0. The molecule has 0 saturated carbocycles. The van der Waals surface area contributed by atoms with E-state index in [1.807, 2.05) is 0 Å². The van der Waals surface area contributed by atoms with E-state index >= 15 is 0 Å². The zero-order chi connectivity index (χ0) is 10.0. The highest BCUT2D eigenvalue weighted by molar-refractivity contribution is 14.1. The van der Waals surface area contributed by atoms with Gasteiger partial charge in [-0.1, -0.05) is 0 Å². The van der Waals surface area contributed by atoms with Crippen LogP contribution in [0.5, 0.6) is 0 Å². The molecule has 0 aliphatic carbocycles. The molecule has 7 heteroatoms. The zero-order valence-electron chi connectivity index (χ0n) is 6.08. The number of hydrogen-bond acceptors (Lipinski definition) is 3. The highest BCUT2D eigenvalue weighted by atomic mass is 127. The summed E-state index contributed by atoms with van der Waals surface area (Å²) in [6.45, 7) is 0. The van der Waals surface area contributed by atoms with Crippen LogP contribution in [0.15, 0.2) is 12.3 Å². The zero-order valence-corrected chi connectivity index (χ0v) is 8.23. The second-order valence-corrected chi connectivity index (χ2v) is 3.17. The van der Waals surface area contributed by atoms with Gasteiger partial charge in [0, 0.05) is 12.3 Å². The van der Waals surface area contributed by atoms with Crippen LogP contribution in [0.4, 0.5) is 14.5 Å². The average molecular weight is 300 g/mol. The quantitative estimate of drug-likeness (QED) is 0.479. The van der Waals surface area contributed by atoms with Gasteiger partial charge in [-0.3, -0.25) is 15.1 Å². The molecule has 0 atom stereocenters. The highest BCUT2D eigenvalue weighted by Crippen LogP contribution is 2.28. The van der Waals surface area contributed by atoms with E-state index in [0.29, 0.717) is 0 Å². The number of rotatable bonds is 2. The van der Waals surface area contributed by atoms with Crippen LogP contribution in [0.3, 0.4) is 0 Å². The summed E-state index contributed by atoms with van der Waals surface area (Å²) in [4.78, 5) is 13.0. The van der Waals surface area contributed by atoms with Crippen molar-refractivity contribution in [1.82, 2.24) is 4.98 Å². The normalized spacial score (nSPS) is 10.5. The van der Waals surface area contributed by atoms with Crippen LogP contribution in [-0.2, 0) is 0 Å². The number of nitro groups is 1. The van der Waals surface area contributed by atoms with Crippen molar-refractivity contribution in [3.8, 4) is 0 Å². The van der Waals surface area contributed by atoms with Crippen LogP contribution in [0, 0.1) is 13.7 Å². The Labute approximate surface area is 85.3 Å². The Hall–Kier alpha value is -0.860. The maximum absolute atomic E-state index is 12.2. The predicted molar refractivity (Wildman–Crippen MR) is 48.6 cm³/mol. The number of nitrogens with zero attached hydrogens (tertiary/aromatic N) is 2. The molecule has 1 heterocycles. The van der Waals surface area contributed by atoms with Crippen LogP contribution in [0.1, 0.15) is 12.1 Å². The molecule has 0 aliphatic heterocycles. The molecule has 0 saturated heterocycles. The van der Waals surface area contributed by atoms with E-state index in [0.717, 1.165) is 12.3 Å². The van der Waals surface area contributed by atoms with Gasteiger partial charge in [-0.15, -0.1) is 0 Å². The SMILES string of the molecule is O=[N+]([O-])c1ccnc(C(F)F)c1I. The topological polar surface area (TPSA) is 56.0 Å². The summed E-state index contributed by atoms with van der Waals surface area (Å²) in [5.41, 5.74) is -0.888. The van der Waals surface area contributed by atoms with E-state index in [9.17, 15) is 18.9 Å². The molecule has 0 unspecified atom stereocenters. The molecule has 0 N–H and O–H groups in total. The molecule has 1 rings (SSSR count). The summed E-state index contributed by atoms with van der Waals surface area (Å²) in [5.74, 6) is 0. The summed E-state index contributed by atoms with van der Waals surface area (Å²) in [7, 11) is 0. The van der Waals surface area contributed by atoms with Crippen LogP contribution >= 0.6 is 22.6 Å². The van der Waals surface area contributed by atoms with E-state index in [-0.39, 0.29) is 9.26 Å². The van der Waals surface area contributed by atoms with Crippen molar-refractivity contribution in [2.45, 2.75) is 6.43 Å². The molecular formula is C6H3F2IN2O2. The van der Waals surface area contributed by atoms with Gasteiger partial charge in [0.2, 0.25) is 0 Å². The Balaban J connectivity index is 3.26. The van der Waals surface area contributed by atoms with E-state index in [1.165, 1.54) is 22.6 Å². The first-order valence-corrected chi connectivity index (χ1v) is 4.19. The van der Waals surface area contributed by atoms with Crippen molar-refractivity contribution < 1.29 is 13.7 Å². The Morgan fingerprint density at radius 1 is 1.62 bits per heavy atom. The summed E-state index contributed by atoms with van der Waals surface area (Å²) >= 11 is 1.49. The van der Waals surface area contributed by atoms with Crippen LogP contribution in [-0.4, -0.2) is 9.91 Å². The molecule has 13 heavy (non-hydrogen) atoms. The van der Waals surface area contributed by atoms with Crippen molar-refractivity contribution in [3.05, 3.63) is 31.6 Å².